The van der Waals surface area contributed by atoms with Gasteiger partial charge in [0.25, 0.3) is 5.91 Å². The highest BCUT2D eigenvalue weighted by atomic mass is 32.2. The van der Waals surface area contributed by atoms with Crippen LogP contribution in [0.5, 0.6) is 0 Å². The Bertz CT molecular complexity index is 736. The normalized spacial score (nSPS) is 20.0. The van der Waals surface area contributed by atoms with E-state index in [1.54, 1.807) is 22.5 Å². The van der Waals surface area contributed by atoms with Gasteiger partial charge in [0.15, 0.2) is 6.54 Å². The number of likely N-dealkylation sites (tertiary alicyclic amines) is 1. The summed E-state index contributed by atoms with van der Waals surface area (Å²) < 4.78 is 27.3. The molecule has 2 heterocycles. The van der Waals surface area contributed by atoms with E-state index in [0.717, 1.165) is 37.9 Å². The predicted octanol–water partition coefficient (Wildman–Crippen LogP) is 1.18. The first-order valence-electron chi connectivity index (χ1n) is 9.71. The van der Waals surface area contributed by atoms with Crippen LogP contribution in [-0.4, -0.2) is 51.4 Å². The number of piperidine rings is 2. The van der Waals surface area contributed by atoms with Gasteiger partial charge in [-0.1, -0.05) is 12.5 Å². The standard InChI is InChI=1S/C19H29N3O3S/c1-16-8-9-17(26(24,25)22-12-6-3-7-13-22)14-18(16)20-19(23)15-21-10-4-2-5-11-21/h8-9,14H,2-7,10-13,15H2,1H3,(H,20,23)/p+1. The quantitative estimate of drug-likeness (QED) is 0.806. The number of carbonyl (C=O) groups is 1. The monoisotopic (exact) mass is 380 g/mol. The van der Waals surface area contributed by atoms with Gasteiger partial charge in [0.05, 0.1) is 18.0 Å². The van der Waals surface area contributed by atoms with Crippen LogP contribution in [0.1, 0.15) is 44.1 Å². The number of rotatable bonds is 5. The Balaban J connectivity index is 1.71. The largest absolute Gasteiger partial charge is 0.327 e. The van der Waals surface area contributed by atoms with E-state index in [9.17, 15) is 13.2 Å². The maximum atomic E-state index is 12.9. The Morgan fingerprint density at radius 2 is 1.73 bits per heavy atom. The summed E-state index contributed by atoms with van der Waals surface area (Å²) in [5.41, 5.74) is 1.48. The summed E-state index contributed by atoms with van der Waals surface area (Å²) in [6.07, 6.45) is 6.50. The molecule has 0 bridgehead atoms. The molecule has 0 spiro atoms. The van der Waals surface area contributed by atoms with Gasteiger partial charge < -0.3 is 10.2 Å². The molecule has 2 aliphatic heterocycles. The number of sulfonamides is 1. The van der Waals surface area contributed by atoms with Gasteiger partial charge in [-0.3, -0.25) is 4.79 Å². The highest BCUT2D eigenvalue weighted by molar-refractivity contribution is 7.89. The Morgan fingerprint density at radius 1 is 1.08 bits per heavy atom. The van der Waals surface area contributed by atoms with Crippen molar-refractivity contribution >= 4 is 21.6 Å². The second-order valence-electron chi connectivity index (χ2n) is 7.48. The molecule has 3 rings (SSSR count). The number of aryl methyl sites for hydroxylation is 1. The first-order valence-corrected chi connectivity index (χ1v) is 11.1. The highest BCUT2D eigenvalue weighted by Crippen LogP contribution is 2.25. The zero-order valence-corrected chi connectivity index (χ0v) is 16.4. The lowest BCUT2D eigenvalue weighted by Crippen LogP contribution is -3.13. The maximum absolute atomic E-state index is 12.9. The van der Waals surface area contributed by atoms with E-state index in [0.29, 0.717) is 25.3 Å². The van der Waals surface area contributed by atoms with E-state index in [1.165, 1.54) is 24.2 Å². The van der Waals surface area contributed by atoms with Crippen molar-refractivity contribution in [3.63, 3.8) is 0 Å². The number of nitrogens with zero attached hydrogens (tertiary/aromatic N) is 1. The minimum atomic E-state index is -3.49. The molecule has 144 valence electrons. The molecular weight excluding hydrogens is 350 g/mol. The molecule has 26 heavy (non-hydrogen) atoms. The molecular formula is C19H30N3O3S+. The Morgan fingerprint density at radius 3 is 2.42 bits per heavy atom. The Kier molecular flexibility index (Phi) is 6.32. The molecule has 1 aromatic carbocycles. The van der Waals surface area contributed by atoms with Crippen LogP contribution in [-0.2, 0) is 14.8 Å². The zero-order valence-electron chi connectivity index (χ0n) is 15.6. The van der Waals surface area contributed by atoms with E-state index < -0.39 is 10.0 Å². The van der Waals surface area contributed by atoms with Crippen LogP contribution in [0.25, 0.3) is 0 Å². The molecule has 2 fully saturated rings. The van der Waals surface area contributed by atoms with E-state index in [4.69, 9.17) is 0 Å². The molecule has 1 aromatic rings. The van der Waals surface area contributed by atoms with Crippen molar-refractivity contribution in [3.8, 4) is 0 Å². The Hall–Kier alpha value is -1.44. The van der Waals surface area contributed by atoms with Gasteiger partial charge in [0.1, 0.15) is 0 Å². The molecule has 0 unspecified atom stereocenters. The van der Waals surface area contributed by atoms with Crippen LogP contribution >= 0.6 is 0 Å². The molecule has 0 saturated carbocycles. The number of hydrogen-bond acceptors (Lipinski definition) is 3. The third kappa shape index (κ3) is 4.64. The zero-order chi connectivity index (χ0) is 18.6. The van der Waals surface area contributed by atoms with Crippen molar-refractivity contribution in [2.24, 2.45) is 0 Å². The molecule has 0 aliphatic carbocycles. The Labute approximate surface area is 156 Å². The van der Waals surface area contributed by atoms with Gasteiger partial charge in [0.2, 0.25) is 10.0 Å². The summed E-state index contributed by atoms with van der Waals surface area (Å²) in [4.78, 5) is 14.0. The number of benzene rings is 1. The molecule has 1 amide bonds. The molecule has 2 saturated heterocycles. The second-order valence-corrected chi connectivity index (χ2v) is 9.42. The third-order valence-corrected chi connectivity index (χ3v) is 7.30. The van der Waals surface area contributed by atoms with Crippen LogP contribution in [0.4, 0.5) is 5.69 Å². The number of amides is 1. The van der Waals surface area contributed by atoms with Crippen molar-refractivity contribution in [2.45, 2.75) is 50.3 Å². The molecule has 0 radical (unpaired) electrons. The van der Waals surface area contributed by atoms with E-state index in [1.807, 2.05) is 6.92 Å². The fourth-order valence-corrected chi connectivity index (χ4v) is 5.34. The van der Waals surface area contributed by atoms with Crippen LogP contribution in [0, 0.1) is 6.92 Å². The van der Waals surface area contributed by atoms with E-state index in [-0.39, 0.29) is 10.8 Å². The van der Waals surface area contributed by atoms with Crippen molar-refractivity contribution < 1.29 is 18.1 Å². The lowest BCUT2D eigenvalue weighted by Gasteiger charge is -2.26. The van der Waals surface area contributed by atoms with Gasteiger partial charge in [-0.15, -0.1) is 0 Å². The minimum Gasteiger partial charge on any atom is -0.327 e. The molecule has 2 aliphatic rings. The highest BCUT2D eigenvalue weighted by Gasteiger charge is 2.26. The molecule has 6 nitrogen and oxygen atoms in total. The van der Waals surface area contributed by atoms with Gasteiger partial charge in [-0.05, 0) is 56.7 Å². The number of hydrogen-bond donors (Lipinski definition) is 2. The van der Waals surface area contributed by atoms with E-state index in [2.05, 4.69) is 5.32 Å². The number of nitrogens with one attached hydrogen (secondary N) is 2. The summed E-state index contributed by atoms with van der Waals surface area (Å²) >= 11 is 0. The van der Waals surface area contributed by atoms with Crippen LogP contribution < -0.4 is 10.2 Å². The van der Waals surface area contributed by atoms with Gasteiger partial charge in [0, 0.05) is 18.8 Å². The lowest BCUT2D eigenvalue weighted by molar-refractivity contribution is -0.896. The maximum Gasteiger partial charge on any atom is 0.279 e. The van der Waals surface area contributed by atoms with Crippen LogP contribution in [0.15, 0.2) is 23.1 Å². The smallest absolute Gasteiger partial charge is 0.279 e. The fourth-order valence-electron chi connectivity index (χ4n) is 3.80. The summed E-state index contributed by atoms with van der Waals surface area (Å²) in [6, 6.07) is 5.04. The summed E-state index contributed by atoms with van der Waals surface area (Å²) in [5, 5.41) is 2.93. The topological polar surface area (TPSA) is 70.9 Å². The summed E-state index contributed by atoms with van der Waals surface area (Å²) in [5.74, 6) is -0.0440. The third-order valence-electron chi connectivity index (χ3n) is 5.41. The SMILES string of the molecule is Cc1ccc(S(=O)(=O)N2CCCCC2)cc1NC(=O)C[NH+]1CCCCC1. The van der Waals surface area contributed by atoms with Crippen LogP contribution in [0.2, 0.25) is 0 Å². The average molecular weight is 381 g/mol. The first-order chi connectivity index (χ1) is 12.5. The molecule has 0 aromatic heterocycles. The summed E-state index contributed by atoms with van der Waals surface area (Å²) in [7, 11) is -3.49. The molecule has 7 heteroatoms. The number of quaternary nitrogens is 1. The lowest BCUT2D eigenvalue weighted by atomic mass is 10.1. The average Bonchev–Trinajstić information content (AvgIpc) is 2.65. The molecule has 0 atom stereocenters. The minimum absolute atomic E-state index is 0.0440. The number of anilines is 1. The number of carbonyl (C=O) groups excluding carboxylic acids is 1. The second kappa shape index (κ2) is 8.50. The van der Waals surface area contributed by atoms with E-state index >= 15 is 0 Å². The van der Waals surface area contributed by atoms with Crippen molar-refractivity contribution in [1.82, 2.24) is 4.31 Å². The fraction of sp³-hybridized carbons (Fsp3) is 0.632. The predicted molar refractivity (Wildman–Crippen MR) is 102 cm³/mol. The van der Waals surface area contributed by atoms with Gasteiger partial charge in [-0.2, -0.15) is 4.31 Å². The van der Waals surface area contributed by atoms with Crippen molar-refractivity contribution in [2.75, 3.05) is 38.0 Å². The first kappa shape index (κ1) is 19.3. The van der Waals surface area contributed by atoms with Crippen molar-refractivity contribution in [3.05, 3.63) is 23.8 Å². The van der Waals surface area contributed by atoms with Gasteiger partial charge >= 0.3 is 0 Å². The molecule has 2 N–H and O–H groups in total. The van der Waals surface area contributed by atoms with Crippen LogP contribution in [0.3, 0.4) is 0 Å². The van der Waals surface area contributed by atoms with Crippen molar-refractivity contribution in [1.29, 1.82) is 0 Å². The van der Waals surface area contributed by atoms with Gasteiger partial charge in [-0.25, -0.2) is 8.42 Å². The summed E-state index contributed by atoms with van der Waals surface area (Å²) in [6.45, 7) is 5.57.